The molecule has 1 aromatic rings. The van der Waals surface area contributed by atoms with Gasteiger partial charge < -0.3 is 5.73 Å². The van der Waals surface area contributed by atoms with Crippen LogP contribution in [-0.4, -0.2) is 20.5 Å². The van der Waals surface area contributed by atoms with Crippen molar-refractivity contribution < 1.29 is 12.8 Å². The fourth-order valence-corrected chi connectivity index (χ4v) is 5.19. The third-order valence-corrected chi connectivity index (χ3v) is 5.97. The second-order valence-corrected chi connectivity index (χ2v) is 8.81. The smallest absolute Gasteiger partial charge is 0.216 e. The van der Waals surface area contributed by atoms with Crippen molar-refractivity contribution in [2.45, 2.75) is 45.5 Å². The van der Waals surface area contributed by atoms with E-state index in [1.54, 1.807) is 0 Å². The average molecular weight is 314 g/mol. The summed E-state index contributed by atoms with van der Waals surface area (Å²) in [5.74, 6) is -0.540. The molecule has 0 radical (unpaired) electrons. The largest absolute Gasteiger partial charge is 0.327 e. The summed E-state index contributed by atoms with van der Waals surface area (Å²) >= 11 is 0. The van der Waals surface area contributed by atoms with Crippen LogP contribution in [0.1, 0.15) is 33.3 Å². The summed E-state index contributed by atoms with van der Waals surface area (Å²) in [4.78, 5) is 0. The lowest BCUT2D eigenvalue weighted by molar-refractivity contribution is -0.0593. The molecule has 0 amide bonds. The minimum Gasteiger partial charge on any atom is -0.327 e. The van der Waals surface area contributed by atoms with Gasteiger partial charge in [-0.1, -0.05) is 39.8 Å². The summed E-state index contributed by atoms with van der Waals surface area (Å²) < 4.78 is 40.3. The maximum Gasteiger partial charge on any atom is 0.216 e. The van der Waals surface area contributed by atoms with Crippen LogP contribution in [0, 0.1) is 16.6 Å². The van der Waals surface area contributed by atoms with Gasteiger partial charge in [-0.25, -0.2) is 17.5 Å². The summed E-state index contributed by atoms with van der Waals surface area (Å²) in [7, 11) is -3.50. The molecule has 2 rings (SSSR count). The number of nitrogens with two attached hydrogens (primary N) is 1. The van der Waals surface area contributed by atoms with E-state index in [2.05, 4.69) is 4.72 Å². The predicted molar refractivity (Wildman–Crippen MR) is 81.5 cm³/mol. The number of hydrogen-bond acceptors (Lipinski definition) is 3. The fraction of sp³-hybridized carbons (Fsp3) is 0.600. The third-order valence-electron chi connectivity index (χ3n) is 4.66. The Morgan fingerprint density at radius 3 is 2.10 bits per heavy atom. The molecule has 1 fully saturated rings. The first kappa shape index (κ1) is 16.4. The van der Waals surface area contributed by atoms with Crippen LogP contribution in [0.2, 0.25) is 0 Å². The van der Waals surface area contributed by atoms with Crippen LogP contribution in [0.15, 0.2) is 24.3 Å². The third kappa shape index (κ3) is 2.98. The number of sulfonamides is 1. The molecule has 21 heavy (non-hydrogen) atoms. The van der Waals surface area contributed by atoms with Crippen LogP contribution >= 0.6 is 0 Å². The lowest BCUT2D eigenvalue weighted by Crippen LogP contribution is -2.76. The Labute approximate surface area is 126 Å². The standard InChI is InChI=1S/C15H23FN2O2S/c1-14(2)12(17)15(3,4)13(14)18-21(19,20)9-10-5-7-11(16)8-6-10/h5-8,12-13,18H,9,17H2,1-4H3. The highest BCUT2D eigenvalue weighted by Gasteiger charge is 2.60. The predicted octanol–water partition coefficient (Wildman–Crippen LogP) is 2.01. The molecule has 0 heterocycles. The van der Waals surface area contributed by atoms with Crippen molar-refractivity contribution in [1.82, 2.24) is 4.72 Å². The topological polar surface area (TPSA) is 72.2 Å². The number of hydrogen-bond donors (Lipinski definition) is 2. The molecule has 1 aliphatic rings. The highest BCUT2D eigenvalue weighted by atomic mass is 32.2. The van der Waals surface area contributed by atoms with Gasteiger partial charge in [0.25, 0.3) is 0 Å². The Morgan fingerprint density at radius 1 is 1.14 bits per heavy atom. The first-order chi connectivity index (χ1) is 9.47. The molecule has 0 aliphatic heterocycles. The summed E-state index contributed by atoms with van der Waals surface area (Å²) in [5.41, 5.74) is 6.11. The number of halogens is 1. The van der Waals surface area contributed by atoms with E-state index in [0.717, 1.165) is 0 Å². The zero-order valence-corrected chi connectivity index (χ0v) is 13.7. The first-order valence-electron chi connectivity index (χ1n) is 6.97. The van der Waals surface area contributed by atoms with Crippen molar-refractivity contribution in [1.29, 1.82) is 0 Å². The normalized spacial score (nSPS) is 27.1. The number of nitrogens with one attached hydrogen (secondary N) is 1. The molecule has 1 aliphatic carbocycles. The van der Waals surface area contributed by atoms with Crippen LogP contribution in [0.25, 0.3) is 0 Å². The molecule has 0 aromatic heterocycles. The molecule has 0 unspecified atom stereocenters. The summed E-state index contributed by atoms with van der Waals surface area (Å²) in [6, 6.07) is 5.21. The quantitative estimate of drug-likeness (QED) is 0.893. The van der Waals surface area contributed by atoms with Crippen LogP contribution in [0.5, 0.6) is 0 Å². The minimum absolute atomic E-state index is 0.0662. The molecule has 0 bridgehead atoms. The summed E-state index contributed by atoms with van der Waals surface area (Å²) in [5, 5.41) is 0. The monoisotopic (exact) mass is 314 g/mol. The van der Waals surface area contributed by atoms with Gasteiger partial charge >= 0.3 is 0 Å². The van der Waals surface area contributed by atoms with Crippen molar-refractivity contribution in [2.24, 2.45) is 16.6 Å². The van der Waals surface area contributed by atoms with Gasteiger partial charge in [-0.3, -0.25) is 0 Å². The second-order valence-electron chi connectivity index (χ2n) is 7.06. The van der Waals surface area contributed by atoms with Crippen molar-refractivity contribution in [3.63, 3.8) is 0 Å². The Morgan fingerprint density at radius 2 is 1.62 bits per heavy atom. The van der Waals surface area contributed by atoms with Gasteiger partial charge in [0.2, 0.25) is 10.0 Å². The summed E-state index contributed by atoms with van der Waals surface area (Å²) in [6.45, 7) is 7.87. The zero-order chi connectivity index (χ0) is 16.1. The Kier molecular flexibility index (Phi) is 3.93. The molecule has 4 nitrogen and oxygen atoms in total. The van der Waals surface area contributed by atoms with E-state index in [4.69, 9.17) is 5.73 Å². The number of benzene rings is 1. The summed E-state index contributed by atoms with van der Waals surface area (Å²) in [6.07, 6.45) is 0. The van der Waals surface area contributed by atoms with Gasteiger partial charge in [0, 0.05) is 12.1 Å². The van der Waals surface area contributed by atoms with E-state index >= 15 is 0 Å². The molecular formula is C15H23FN2O2S. The van der Waals surface area contributed by atoms with E-state index in [0.29, 0.717) is 5.56 Å². The lowest BCUT2D eigenvalue weighted by Gasteiger charge is -2.62. The lowest BCUT2D eigenvalue weighted by atomic mass is 9.49. The molecule has 0 atom stereocenters. The Balaban J connectivity index is 2.13. The second kappa shape index (κ2) is 5.04. The molecule has 0 saturated heterocycles. The van der Waals surface area contributed by atoms with Crippen molar-refractivity contribution in [3.05, 3.63) is 35.6 Å². The van der Waals surface area contributed by atoms with Crippen LogP contribution < -0.4 is 10.5 Å². The van der Waals surface area contributed by atoms with Gasteiger partial charge in [-0.2, -0.15) is 0 Å². The van der Waals surface area contributed by atoms with Gasteiger partial charge in [-0.05, 0) is 28.5 Å². The Hall–Kier alpha value is -0.980. The maximum atomic E-state index is 12.9. The molecule has 1 saturated carbocycles. The van der Waals surface area contributed by atoms with Gasteiger partial charge in [0.15, 0.2) is 0 Å². The van der Waals surface area contributed by atoms with E-state index in [1.165, 1.54) is 24.3 Å². The highest BCUT2D eigenvalue weighted by molar-refractivity contribution is 7.88. The van der Waals surface area contributed by atoms with Crippen molar-refractivity contribution in [3.8, 4) is 0 Å². The number of rotatable bonds is 4. The molecule has 0 spiro atoms. The van der Waals surface area contributed by atoms with Crippen LogP contribution in [0.4, 0.5) is 4.39 Å². The van der Waals surface area contributed by atoms with Gasteiger partial charge in [0.1, 0.15) is 5.82 Å². The van der Waals surface area contributed by atoms with E-state index in [1.807, 2.05) is 27.7 Å². The molecule has 3 N–H and O–H groups in total. The SMILES string of the molecule is CC1(C)C(N)C(C)(C)C1NS(=O)(=O)Cc1ccc(F)cc1. The van der Waals surface area contributed by atoms with Gasteiger partial charge in [-0.15, -0.1) is 0 Å². The van der Waals surface area contributed by atoms with Crippen molar-refractivity contribution in [2.75, 3.05) is 0 Å². The van der Waals surface area contributed by atoms with Crippen LogP contribution in [0.3, 0.4) is 0 Å². The molecule has 1 aromatic carbocycles. The molecular weight excluding hydrogens is 291 g/mol. The zero-order valence-electron chi connectivity index (χ0n) is 12.9. The van der Waals surface area contributed by atoms with Crippen molar-refractivity contribution >= 4 is 10.0 Å². The fourth-order valence-electron chi connectivity index (χ4n) is 3.51. The van der Waals surface area contributed by atoms with E-state index in [-0.39, 0.29) is 34.5 Å². The molecule has 6 heteroatoms. The highest BCUT2D eigenvalue weighted by Crippen LogP contribution is 2.52. The minimum atomic E-state index is -3.50. The van der Waals surface area contributed by atoms with E-state index < -0.39 is 10.0 Å². The maximum absolute atomic E-state index is 12.9. The Bertz CT molecular complexity index is 608. The van der Waals surface area contributed by atoms with E-state index in [9.17, 15) is 12.8 Å². The molecule has 118 valence electrons. The average Bonchev–Trinajstić information content (AvgIpc) is 2.37. The van der Waals surface area contributed by atoms with Crippen LogP contribution in [-0.2, 0) is 15.8 Å². The van der Waals surface area contributed by atoms with Gasteiger partial charge in [0.05, 0.1) is 5.75 Å². The first-order valence-corrected chi connectivity index (χ1v) is 8.62.